The number of carbonyl (C=O) groups is 2. The molecule has 0 spiro atoms. The molecule has 7 heteroatoms. The smallest absolute Gasteiger partial charge is 0.228 e. The van der Waals surface area contributed by atoms with E-state index in [1.165, 1.54) is 0 Å². The number of thiophene rings is 1. The summed E-state index contributed by atoms with van der Waals surface area (Å²) in [5.74, 6) is 0.375. The zero-order valence-electron chi connectivity index (χ0n) is 18.4. The number of benzene rings is 1. The van der Waals surface area contributed by atoms with Gasteiger partial charge in [0, 0.05) is 36.0 Å². The van der Waals surface area contributed by atoms with Crippen LogP contribution < -0.4 is 4.90 Å². The van der Waals surface area contributed by atoms with Gasteiger partial charge < -0.3 is 19.3 Å². The summed E-state index contributed by atoms with van der Waals surface area (Å²) >= 11 is 1.62. The lowest BCUT2D eigenvalue weighted by Gasteiger charge is -2.43. The molecule has 3 saturated heterocycles. The van der Waals surface area contributed by atoms with Gasteiger partial charge in [-0.3, -0.25) is 9.59 Å². The highest BCUT2D eigenvalue weighted by Crippen LogP contribution is 2.43. The number of likely N-dealkylation sites (tertiary alicyclic amines) is 1. The molecule has 3 fully saturated rings. The lowest BCUT2D eigenvalue weighted by atomic mass is 9.85. The molecule has 32 heavy (non-hydrogen) atoms. The van der Waals surface area contributed by atoms with Crippen LogP contribution in [0.4, 0.5) is 5.69 Å². The maximum Gasteiger partial charge on any atom is 0.228 e. The Morgan fingerprint density at radius 1 is 1.03 bits per heavy atom. The van der Waals surface area contributed by atoms with E-state index in [-0.39, 0.29) is 30.1 Å². The number of aryl methyl sites for hydroxylation is 1. The van der Waals surface area contributed by atoms with Crippen molar-refractivity contribution in [1.82, 2.24) is 4.90 Å². The molecule has 2 atom stereocenters. The zero-order valence-corrected chi connectivity index (χ0v) is 19.3. The maximum atomic E-state index is 13.8. The lowest BCUT2D eigenvalue weighted by molar-refractivity contribution is -0.143. The molecule has 0 aliphatic carbocycles. The molecule has 1 aromatic carbocycles. The van der Waals surface area contributed by atoms with E-state index in [1.54, 1.807) is 11.3 Å². The Morgan fingerprint density at radius 3 is 2.41 bits per heavy atom. The number of nitrogens with zero attached hydrogens (tertiary/aromatic N) is 2. The molecule has 3 aliphatic rings. The van der Waals surface area contributed by atoms with E-state index in [0.29, 0.717) is 32.0 Å². The molecular formula is C25H30N2O4S. The fraction of sp³-hybridized carbons (Fsp3) is 0.520. The molecule has 0 bridgehead atoms. The summed E-state index contributed by atoms with van der Waals surface area (Å²) < 4.78 is 11.4. The van der Waals surface area contributed by atoms with Gasteiger partial charge in [0.15, 0.2) is 6.29 Å². The molecule has 2 amide bonds. The van der Waals surface area contributed by atoms with Gasteiger partial charge in [-0.05, 0) is 49.8 Å². The van der Waals surface area contributed by atoms with Crippen LogP contribution >= 0.6 is 11.3 Å². The van der Waals surface area contributed by atoms with Crippen molar-refractivity contribution in [1.29, 1.82) is 0 Å². The van der Waals surface area contributed by atoms with Crippen LogP contribution in [0.25, 0.3) is 0 Å². The van der Waals surface area contributed by atoms with Gasteiger partial charge >= 0.3 is 0 Å². The van der Waals surface area contributed by atoms with Crippen LogP contribution in [0.3, 0.4) is 0 Å². The molecular weight excluding hydrogens is 424 g/mol. The third kappa shape index (κ3) is 4.21. The molecule has 5 rings (SSSR count). The van der Waals surface area contributed by atoms with Crippen LogP contribution in [0.2, 0.25) is 0 Å². The van der Waals surface area contributed by atoms with E-state index >= 15 is 0 Å². The summed E-state index contributed by atoms with van der Waals surface area (Å²) in [4.78, 5) is 31.8. The number of hydrogen-bond acceptors (Lipinski definition) is 5. The summed E-state index contributed by atoms with van der Waals surface area (Å²) in [7, 11) is 0. The fourth-order valence-corrected chi connectivity index (χ4v) is 6.10. The van der Waals surface area contributed by atoms with Crippen molar-refractivity contribution in [2.75, 3.05) is 31.2 Å². The van der Waals surface area contributed by atoms with Gasteiger partial charge in [-0.25, -0.2) is 0 Å². The molecule has 2 unspecified atom stereocenters. The number of anilines is 1. The maximum absolute atomic E-state index is 13.8. The van der Waals surface area contributed by atoms with Gasteiger partial charge in [0.05, 0.1) is 25.2 Å². The van der Waals surface area contributed by atoms with E-state index < -0.39 is 0 Å². The van der Waals surface area contributed by atoms with Crippen molar-refractivity contribution >= 4 is 28.8 Å². The SMILES string of the molecule is Cc1ccc(N2C(=O)CCC(C(=O)N3CCC(C4OCCO4)CC3)C2c2cccs2)cc1. The van der Waals surface area contributed by atoms with Gasteiger partial charge in [0.25, 0.3) is 0 Å². The Labute approximate surface area is 193 Å². The highest BCUT2D eigenvalue weighted by molar-refractivity contribution is 7.10. The molecule has 2 aromatic rings. The van der Waals surface area contributed by atoms with Crippen molar-refractivity contribution < 1.29 is 19.1 Å². The Kier molecular flexibility index (Phi) is 6.31. The summed E-state index contributed by atoms with van der Waals surface area (Å²) in [5.41, 5.74) is 2.02. The van der Waals surface area contributed by atoms with Crippen molar-refractivity contribution in [3.63, 3.8) is 0 Å². The van der Waals surface area contributed by atoms with Crippen molar-refractivity contribution in [2.24, 2.45) is 11.8 Å². The third-order valence-corrected chi connectivity index (χ3v) is 7.89. The van der Waals surface area contributed by atoms with Crippen LogP contribution in [0.1, 0.15) is 42.2 Å². The zero-order chi connectivity index (χ0) is 22.1. The Hall–Kier alpha value is -2.22. The first kappa shape index (κ1) is 21.6. The molecule has 6 nitrogen and oxygen atoms in total. The monoisotopic (exact) mass is 454 g/mol. The predicted molar refractivity (Wildman–Crippen MR) is 123 cm³/mol. The first-order chi connectivity index (χ1) is 15.6. The molecule has 4 heterocycles. The molecule has 170 valence electrons. The standard InChI is InChI=1S/C25H30N2O4S/c1-17-4-6-19(7-5-17)27-22(28)9-8-20(23(27)21-3-2-16-32-21)24(29)26-12-10-18(11-13-26)25-30-14-15-31-25/h2-7,16,18,20,23,25H,8-15H2,1H3. The summed E-state index contributed by atoms with van der Waals surface area (Å²) in [6, 6.07) is 11.8. The Balaban J connectivity index is 1.37. The molecule has 3 aliphatic heterocycles. The average molecular weight is 455 g/mol. The molecule has 0 saturated carbocycles. The van der Waals surface area contributed by atoms with Gasteiger partial charge in [0.1, 0.15) is 0 Å². The van der Waals surface area contributed by atoms with E-state index in [4.69, 9.17) is 9.47 Å². The van der Waals surface area contributed by atoms with Crippen LogP contribution in [-0.2, 0) is 19.1 Å². The van der Waals surface area contributed by atoms with Crippen molar-refractivity contribution in [3.8, 4) is 0 Å². The number of piperidine rings is 2. The number of ether oxygens (including phenoxy) is 2. The van der Waals surface area contributed by atoms with E-state index in [9.17, 15) is 9.59 Å². The van der Waals surface area contributed by atoms with E-state index in [1.807, 2.05) is 52.4 Å². The quantitative estimate of drug-likeness (QED) is 0.696. The molecule has 0 radical (unpaired) electrons. The highest BCUT2D eigenvalue weighted by atomic mass is 32.1. The largest absolute Gasteiger partial charge is 0.350 e. The number of carbonyl (C=O) groups excluding carboxylic acids is 2. The second-order valence-corrected chi connectivity index (χ2v) is 9.96. The summed E-state index contributed by atoms with van der Waals surface area (Å²) in [5, 5.41) is 2.02. The minimum absolute atomic E-state index is 0.0885. The first-order valence-electron chi connectivity index (χ1n) is 11.6. The van der Waals surface area contributed by atoms with Gasteiger partial charge in [-0.1, -0.05) is 23.8 Å². The second-order valence-electron chi connectivity index (χ2n) is 8.98. The third-order valence-electron chi connectivity index (χ3n) is 6.94. The number of rotatable bonds is 4. The summed E-state index contributed by atoms with van der Waals surface area (Å²) in [6.45, 7) is 4.81. The van der Waals surface area contributed by atoms with Gasteiger partial charge in [0.2, 0.25) is 11.8 Å². The van der Waals surface area contributed by atoms with Crippen molar-refractivity contribution in [2.45, 2.75) is 44.9 Å². The van der Waals surface area contributed by atoms with E-state index in [0.717, 1.165) is 42.1 Å². The number of amides is 2. The molecule has 1 aromatic heterocycles. The number of hydrogen-bond donors (Lipinski definition) is 0. The van der Waals surface area contributed by atoms with Crippen LogP contribution in [0.5, 0.6) is 0 Å². The Morgan fingerprint density at radius 2 is 1.75 bits per heavy atom. The molecule has 0 N–H and O–H groups in total. The fourth-order valence-electron chi connectivity index (χ4n) is 5.22. The first-order valence-corrected chi connectivity index (χ1v) is 12.4. The predicted octanol–water partition coefficient (Wildman–Crippen LogP) is 4.15. The van der Waals surface area contributed by atoms with Crippen LogP contribution in [0, 0.1) is 18.8 Å². The normalized spacial score (nSPS) is 25.5. The summed E-state index contributed by atoms with van der Waals surface area (Å²) in [6.07, 6.45) is 2.67. The average Bonchev–Trinajstić information content (AvgIpc) is 3.54. The van der Waals surface area contributed by atoms with Gasteiger partial charge in [-0.15, -0.1) is 11.3 Å². The second kappa shape index (κ2) is 9.33. The topological polar surface area (TPSA) is 59.1 Å². The van der Waals surface area contributed by atoms with Crippen molar-refractivity contribution in [3.05, 3.63) is 52.2 Å². The van der Waals surface area contributed by atoms with E-state index in [2.05, 4.69) is 6.07 Å². The Bertz CT molecular complexity index is 931. The minimum Gasteiger partial charge on any atom is -0.350 e. The minimum atomic E-state index is -0.259. The highest BCUT2D eigenvalue weighted by Gasteiger charge is 2.44. The van der Waals surface area contributed by atoms with Gasteiger partial charge in [-0.2, -0.15) is 0 Å². The van der Waals surface area contributed by atoms with Crippen LogP contribution in [0.15, 0.2) is 41.8 Å². The van der Waals surface area contributed by atoms with Crippen LogP contribution in [-0.4, -0.2) is 49.3 Å². The lowest BCUT2D eigenvalue weighted by Crippen LogP contribution is -2.51.